The third-order valence-corrected chi connectivity index (χ3v) is 14.4. The molecule has 10 atom stereocenters. The molecule has 17 nitrogen and oxygen atoms in total. The Labute approximate surface area is 380 Å². The van der Waals surface area contributed by atoms with Gasteiger partial charge in [-0.2, -0.15) is 0 Å². The Morgan fingerprint density at radius 2 is 1.65 bits per heavy atom. The van der Waals surface area contributed by atoms with Crippen LogP contribution in [0.25, 0.3) is 38.7 Å². The van der Waals surface area contributed by atoms with E-state index in [1.165, 1.54) is 27.0 Å². The number of hydrogen-bond donors (Lipinski definition) is 6. The van der Waals surface area contributed by atoms with E-state index >= 15 is 0 Å². The predicted molar refractivity (Wildman–Crippen MR) is 247 cm³/mol. The first-order valence-electron chi connectivity index (χ1n) is 22.3. The largest absolute Gasteiger partial charge is 0.507 e. The lowest BCUT2D eigenvalue weighted by atomic mass is 9.70. The van der Waals surface area contributed by atoms with E-state index in [4.69, 9.17) is 28.3 Å². The molecule has 4 aromatic rings. The van der Waals surface area contributed by atoms with E-state index in [0.717, 1.165) is 0 Å². The molecule has 0 aliphatic carbocycles. The summed E-state index contributed by atoms with van der Waals surface area (Å²) < 4.78 is 30.7. The van der Waals surface area contributed by atoms with Gasteiger partial charge < -0.3 is 59.1 Å². The van der Waals surface area contributed by atoms with Crippen molar-refractivity contribution >= 4 is 56.0 Å². The van der Waals surface area contributed by atoms with Gasteiger partial charge in [-0.15, -0.1) is 0 Å². The summed E-state index contributed by atoms with van der Waals surface area (Å²) in [6.45, 7) is 16.7. The van der Waals surface area contributed by atoms with Gasteiger partial charge in [0.2, 0.25) is 10.9 Å². The van der Waals surface area contributed by atoms with E-state index in [1.54, 1.807) is 39.0 Å². The highest BCUT2D eigenvalue weighted by Crippen LogP contribution is 2.46. The Kier molecular flexibility index (Phi) is 12.4. The van der Waals surface area contributed by atoms with Crippen LogP contribution in [0.5, 0.6) is 11.5 Å². The number of carbonyl (C=O) groups is 1. The number of carbonyl (C=O) groups excluding carboxylic acids is 1. The molecule has 352 valence electrons. The molecule has 17 heteroatoms. The normalized spacial score (nSPS) is 32.2. The highest BCUT2D eigenvalue weighted by molar-refractivity contribution is 6.16. The number of aliphatic hydroxyl groups excluding tert-OH is 4. The molecule has 2 fully saturated rings. The van der Waals surface area contributed by atoms with Crippen molar-refractivity contribution in [2.75, 3.05) is 56.7 Å². The zero-order valence-electron chi connectivity index (χ0n) is 38.6. The summed E-state index contributed by atoms with van der Waals surface area (Å²) in [5.41, 5.74) is -2.21. The summed E-state index contributed by atoms with van der Waals surface area (Å²) in [5, 5.41) is 58.6. The van der Waals surface area contributed by atoms with Crippen molar-refractivity contribution in [1.82, 2.24) is 9.88 Å². The molecular weight excluding hydrogens is 853 g/mol. The minimum absolute atomic E-state index is 0.0153. The molecule has 8 heterocycles. The van der Waals surface area contributed by atoms with E-state index in [0.29, 0.717) is 38.4 Å². The van der Waals surface area contributed by atoms with E-state index in [9.17, 15) is 39.9 Å². The summed E-state index contributed by atoms with van der Waals surface area (Å²) in [6, 6.07) is 3.07. The maximum absolute atomic E-state index is 14.9. The number of ether oxygens (including phenoxy) is 4. The number of piperazine rings is 1. The predicted octanol–water partition coefficient (Wildman–Crippen LogP) is 3.35. The van der Waals surface area contributed by atoms with Gasteiger partial charge in [-0.25, -0.2) is 4.98 Å². The maximum atomic E-state index is 14.9. The molecule has 0 radical (unpaired) electrons. The van der Waals surface area contributed by atoms with Gasteiger partial charge in [-0.3, -0.25) is 19.3 Å². The minimum atomic E-state index is -2.04. The van der Waals surface area contributed by atoms with Crippen molar-refractivity contribution in [3.05, 3.63) is 67.2 Å². The molecule has 7 bridgehead atoms. The number of phenols is 1. The fourth-order valence-electron chi connectivity index (χ4n) is 9.81. The van der Waals surface area contributed by atoms with E-state index in [1.807, 2.05) is 31.7 Å². The van der Waals surface area contributed by atoms with Crippen LogP contribution in [-0.4, -0.2) is 124 Å². The first-order valence-corrected chi connectivity index (χ1v) is 22.3. The van der Waals surface area contributed by atoms with E-state index in [-0.39, 0.29) is 85.3 Å². The van der Waals surface area contributed by atoms with Gasteiger partial charge in [0.15, 0.2) is 22.4 Å². The lowest BCUT2D eigenvalue weighted by Gasteiger charge is -2.54. The number of nitrogens with one attached hydrogen (secondary N) is 1. The number of aromatic hydroxyl groups is 1. The zero-order chi connectivity index (χ0) is 47.7. The average molecular weight is 911 g/mol. The number of nitrogens with zero attached hydrogens (tertiary/aromatic N) is 3. The molecule has 0 unspecified atom stereocenters. The molecule has 7 aliphatic rings. The van der Waals surface area contributed by atoms with Gasteiger partial charge in [0, 0.05) is 105 Å². The van der Waals surface area contributed by atoms with Gasteiger partial charge >= 0.3 is 5.79 Å². The number of β-amino-alcohol motifs (C(OH)–C–C–N with tert-alkyl or cyclic N) is 1. The average Bonchev–Trinajstić information content (AvgIpc) is 3.56. The van der Waals surface area contributed by atoms with Gasteiger partial charge in [0.05, 0.1) is 41.1 Å². The number of aromatic nitrogens is 1. The minimum Gasteiger partial charge on any atom is -0.507 e. The Hall–Kier alpha value is -5.74. The number of benzene rings is 3. The van der Waals surface area contributed by atoms with E-state index < -0.39 is 69.8 Å². The fourth-order valence-corrected chi connectivity index (χ4v) is 9.81. The lowest BCUT2D eigenvalue weighted by Crippen LogP contribution is -2.60. The zero-order valence-corrected chi connectivity index (χ0v) is 38.6. The first kappa shape index (κ1) is 46.8. The summed E-state index contributed by atoms with van der Waals surface area (Å²) in [4.78, 5) is 51.8. The molecule has 1 amide bonds. The standard InChI is InChI=1S/C49H58N4O13/c1-23-11-10-13-48(7)28(6)43(65-48)26(4)40(57)25(3)39(56)24(2)31(62-9)12-20-63-49(8)46(60)35-33-34(41(58)27(5)44(35)66-49)42(59)38(51-47(23)61)45-37(33)50-36-30(55)21-29(22-32(36)64-45)53-16-14-52(15-17-53)18-19-54/h10-11,13,21-22,24-26,28,31,39-40,43,54,56-58,60H,14-19H2,1-9H3,(H,51,61)/b13-10+,23-11-/t24-,25+,26+,28-,31+,39-,40+,43-,48+,49+/m1/s1. The molecule has 6 N–H and O–H groups in total. The van der Waals surface area contributed by atoms with Crippen LogP contribution in [0.3, 0.4) is 0 Å². The third-order valence-electron chi connectivity index (χ3n) is 14.4. The second-order valence-electron chi connectivity index (χ2n) is 18.5. The van der Waals surface area contributed by atoms with Gasteiger partial charge in [0.25, 0.3) is 5.91 Å². The highest BCUT2D eigenvalue weighted by Gasteiger charge is 2.52. The van der Waals surface area contributed by atoms with Crippen LogP contribution < -0.4 is 31.0 Å². The van der Waals surface area contributed by atoms with Crippen LogP contribution in [0.4, 0.5) is 11.4 Å². The number of rotatable bonds is 4. The van der Waals surface area contributed by atoms with Crippen molar-refractivity contribution in [2.45, 2.75) is 91.2 Å². The van der Waals surface area contributed by atoms with Crippen molar-refractivity contribution in [3.63, 3.8) is 0 Å². The second-order valence-corrected chi connectivity index (χ2v) is 18.5. The number of allylic oxidation sites excluding steroid dienone is 2. The number of methoxy groups -OCH3 is 1. The van der Waals surface area contributed by atoms with Crippen LogP contribution in [0.1, 0.15) is 54.0 Å². The molecule has 2 saturated heterocycles. The number of amides is 1. The summed E-state index contributed by atoms with van der Waals surface area (Å²) in [5.74, 6) is -2.75. The number of phenolic OH excluding ortho intramolecular Hbond substituents is 1. The highest BCUT2D eigenvalue weighted by atomic mass is 16.7. The first-order chi connectivity index (χ1) is 31.2. The van der Waals surface area contributed by atoms with Crippen LogP contribution in [-0.2, 0) is 19.0 Å². The van der Waals surface area contributed by atoms with Crippen LogP contribution in [0.2, 0.25) is 0 Å². The van der Waals surface area contributed by atoms with Crippen molar-refractivity contribution < 1.29 is 53.7 Å². The molecule has 1 aromatic heterocycles. The molecule has 66 heavy (non-hydrogen) atoms. The second kappa shape index (κ2) is 17.5. The number of fused-ring (bicyclic) bond motifs is 1. The van der Waals surface area contributed by atoms with Crippen molar-refractivity contribution in [2.24, 2.45) is 23.7 Å². The molecule has 0 spiro atoms. The SMILES string of the molecule is CO[C@H]1C#CO[C@@]2(C)Oc3c(C)c(O)c4c(=O)c(c5oc6cc(N7CCN(CCO)CC7)cc(=O)c6nc5c4c3=C2O)NC(=O)/C(C)=C\C=C\[C@]2(C)O[C@H]([C@@H](C)[C@@H](O)[C@@H](C)[C@H](O)[C@@H]1C)[C@H]2C. The van der Waals surface area contributed by atoms with Gasteiger partial charge in [0.1, 0.15) is 34.9 Å². The van der Waals surface area contributed by atoms with Crippen LogP contribution in [0.15, 0.2) is 49.9 Å². The van der Waals surface area contributed by atoms with Crippen LogP contribution in [0, 0.1) is 42.6 Å². The van der Waals surface area contributed by atoms with E-state index in [2.05, 4.69) is 22.2 Å². The summed E-state index contributed by atoms with van der Waals surface area (Å²) in [7, 11) is 1.42. The topological polar surface area (TPSA) is 234 Å². The number of anilines is 2. The van der Waals surface area contributed by atoms with Crippen molar-refractivity contribution in [1.29, 1.82) is 0 Å². The lowest BCUT2D eigenvalue weighted by molar-refractivity contribution is -0.251. The van der Waals surface area contributed by atoms with Gasteiger partial charge in [-0.05, 0) is 26.7 Å². The molecular formula is C49H58N4O13. The maximum Gasteiger partial charge on any atom is 0.317 e. The number of aliphatic hydroxyl groups is 4. The third kappa shape index (κ3) is 7.72. The Morgan fingerprint density at radius 1 is 0.955 bits per heavy atom. The van der Waals surface area contributed by atoms with Gasteiger partial charge in [-0.1, -0.05) is 45.9 Å². The molecule has 11 rings (SSSR count). The summed E-state index contributed by atoms with van der Waals surface area (Å²) in [6.07, 6.45) is 4.30. The Balaban J connectivity index is 1.34. The Bertz CT molecular complexity index is 2930. The van der Waals surface area contributed by atoms with Crippen molar-refractivity contribution in [3.8, 4) is 23.5 Å². The van der Waals surface area contributed by atoms with Crippen LogP contribution >= 0.6 is 0 Å². The number of hydrogen-bond acceptors (Lipinski definition) is 16. The Morgan fingerprint density at radius 3 is 2.32 bits per heavy atom. The monoisotopic (exact) mass is 910 g/mol. The summed E-state index contributed by atoms with van der Waals surface area (Å²) >= 11 is 0. The molecule has 0 saturated carbocycles. The smallest absolute Gasteiger partial charge is 0.317 e. The molecule has 7 aliphatic heterocycles. The quantitative estimate of drug-likeness (QED) is 0.0979. The fraction of sp³-hybridized carbons (Fsp3) is 0.510. The molecule has 3 aromatic carbocycles.